The third-order valence-corrected chi connectivity index (χ3v) is 9.50. The second-order valence-electron chi connectivity index (χ2n) is 10.6. The monoisotopic (exact) mass is 552 g/mol. The van der Waals surface area contributed by atoms with E-state index in [1.54, 1.807) is 12.2 Å². The van der Waals surface area contributed by atoms with Crippen LogP contribution in [0.5, 0.6) is 0 Å². The zero-order valence-corrected chi connectivity index (χ0v) is 23.3. The van der Waals surface area contributed by atoms with Crippen molar-refractivity contribution in [3.8, 4) is 0 Å². The van der Waals surface area contributed by atoms with E-state index in [0.717, 1.165) is 28.4 Å². The Labute approximate surface area is 226 Å². The summed E-state index contributed by atoms with van der Waals surface area (Å²) in [5.74, 6) is -7.62. The average Bonchev–Trinajstić information content (AvgIpc) is 2.97. The van der Waals surface area contributed by atoms with E-state index < -0.39 is 63.4 Å². The molecule has 4 atom stereocenters. The third kappa shape index (κ3) is 3.77. The van der Waals surface area contributed by atoms with Gasteiger partial charge in [0.1, 0.15) is 0 Å². The molecule has 0 aromatic carbocycles. The summed E-state index contributed by atoms with van der Waals surface area (Å²) >= 11 is 0. The molecule has 0 amide bonds. The third-order valence-electron chi connectivity index (χ3n) is 9.50. The van der Waals surface area contributed by atoms with Crippen molar-refractivity contribution in [2.45, 2.75) is 39.0 Å². The van der Waals surface area contributed by atoms with Gasteiger partial charge in [-0.25, -0.2) is 0 Å². The fourth-order valence-corrected chi connectivity index (χ4v) is 7.70. The van der Waals surface area contributed by atoms with Crippen LogP contribution in [0.4, 0.5) is 0 Å². The summed E-state index contributed by atoms with van der Waals surface area (Å²) in [5.41, 5.74) is -7.28. The zero-order valence-electron chi connectivity index (χ0n) is 23.3. The van der Waals surface area contributed by atoms with E-state index in [0.29, 0.717) is 6.42 Å². The highest BCUT2D eigenvalue weighted by atomic mass is 16.6. The minimum absolute atomic E-state index is 0.0818. The lowest BCUT2D eigenvalue weighted by molar-refractivity contribution is -0.223. The fraction of sp³-hybridized carbons (Fsp3) is 0.704. The maximum Gasteiger partial charge on any atom is 0.325 e. The second kappa shape index (κ2) is 10.6. The summed E-state index contributed by atoms with van der Waals surface area (Å²) in [4.78, 5) is 80.0. The van der Waals surface area contributed by atoms with E-state index in [1.165, 1.54) is 14.2 Å². The molecule has 0 N–H and O–H groups in total. The molecule has 0 aromatic rings. The van der Waals surface area contributed by atoms with Gasteiger partial charge in [-0.3, -0.25) is 28.8 Å². The number of hydrogen-bond acceptors (Lipinski definition) is 12. The van der Waals surface area contributed by atoms with Crippen LogP contribution in [0, 0.1) is 39.4 Å². The normalized spacial score (nSPS) is 29.4. The molecular formula is C27H36O12. The SMILES string of the molecule is COC(=O)C1(C(=O)OC)CC[C@@H]2[C@H](C=C[C@H]3C(C(=O)OC)(C(=O)OC)C(C(=O)OC)(C(=O)OC)CC[C@]23C)C1. The first-order valence-corrected chi connectivity index (χ1v) is 12.6. The van der Waals surface area contributed by atoms with Gasteiger partial charge in [-0.05, 0) is 49.4 Å². The molecule has 2 saturated carbocycles. The molecule has 0 bridgehead atoms. The molecule has 3 rings (SSSR count). The smallest absolute Gasteiger partial charge is 0.325 e. The summed E-state index contributed by atoms with van der Waals surface area (Å²) in [6.45, 7) is 1.86. The van der Waals surface area contributed by atoms with E-state index >= 15 is 0 Å². The molecule has 2 fully saturated rings. The maximum atomic E-state index is 13.8. The minimum Gasteiger partial charge on any atom is -0.468 e. The van der Waals surface area contributed by atoms with Crippen LogP contribution < -0.4 is 0 Å². The molecule has 3 aliphatic rings. The highest BCUT2D eigenvalue weighted by Crippen LogP contribution is 2.69. The van der Waals surface area contributed by atoms with Crippen LogP contribution in [0.15, 0.2) is 12.2 Å². The van der Waals surface area contributed by atoms with Crippen molar-refractivity contribution in [3.63, 3.8) is 0 Å². The van der Waals surface area contributed by atoms with E-state index in [9.17, 15) is 28.8 Å². The van der Waals surface area contributed by atoms with Crippen molar-refractivity contribution in [2.24, 2.45) is 39.4 Å². The lowest BCUT2D eigenvalue weighted by Gasteiger charge is -2.61. The number of esters is 6. The van der Waals surface area contributed by atoms with Crippen molar-refractivity contribution in [1.29, 1.82) is 0 Å². The van der Waals surface area contributed by atoms with Crippen LogP contribution in [0.2, 0.25) is 0 Å². The van der Waals surface area contributed by atoms with Crippen molar-refractivity contribution in [1.82, 2.24) is 0 Å². The van der Waals surface area contributed by atoms with Gasteiger partial charge < -0.3 is 28.4 Å². The summed E-state index contributed by atoms with van der Waals surface area (Å²) in [6.07, 6.45) is 3.73. The number of fused-ring (bicyclic) bond motifs is 3. The number of methoxy groups -OCH3 is 6. The summed E-state index contributed by atoms with van der Waals surface area (Å²) in [7, 11) is 6.61. The first-order chi connectivity index (χ1) is 18.4. The molecule has 216 valence electrons. The zero-order chi connectivity index (χ0) is 29.4. The lowest BCUT2D eigenvalue weighted by Crippen LogP contribution is -2.71. The summed E-state index contributed by atoms with van der Waals surface area (Å²) in [5, 5.41) is 0. The molecule has 0 unspecified atom stereocenters. The number of allylic oxidation sites excluding steroid dienone is 2. The average molecular weight is 553 g/mol. The van der Waals surface area contributed by atoms with Crippen LogP contribution in [0.3, 0.4) is 0 Å². The second-order valence-corrected chi connectivity index (χ2v) is 10.6. The van der Waals surface area contributed by atoms with Crippen LogP contribution in [0.25, 0.3) is 0 Å². The van der Waals surface area contributed by atoms with Gasteiger partial charge in [0, 0.05) is 5.92 Å². The quantitative estimate of drug-likeness (QED) is 0.202. The fourth-order valence-electron chi connectivity index (χ4n) is 7.70. The Morgan fingerprint density at radius 3 is 1.51 bits per heavy atom. The number of carbonyl (C=O) groups is 6. The van der Waals surface area contributed by atoms with Crippen molar-refractivity contribution in [2.75, 3.05) is 42.7 Å². The lowest BCUT2D eigenvalue weighted by atomic mass is 9.39. The number of ether oxygens (including phenoxy) is 6. The van der Waals surface area contributed by atoms with E-state index in [1.807, 2.05) is 6.92 Å². The maximum absolute atomic E-state index is 13.8. The first kappa shape index (κ1) is 30.1. The Bertz CT molecular complexity index is 1040. The highest BCUT2D eigenvalue weighted by Gasteiger charge is 2.80. The number of hydrogen-bond donors (Lipinski definition) is 0. The molecule has 0 aromatic heterocycles. The molecule has 12 heteroatoms. The van der Waals surface area contributed by atoms with Gasteiger partial charge in [-0.15, -0.1) is 0 Å². The highest BCUT2D eigenvalue weighted by molar-refractivity contribution is 6.15. The Morgan fingerprint density at radius 1 is 0.615 bits per heavy atom. The standard InChI is InChI=1S/C27H36O12/c1-24-12-13-26(20(30)36-4,21(31)37-5)27(22(32)38-6,23(33)39-7)17(24)9-8-15-14-25(18(28)34-2,19(29)35-3)11-10-16(15)24/h8-9,15-17H,10-14H2,1-7H3/t15-,16-,17-,24-/m1/s1. The largest absolute Gasteiger partial charge is 0.468 e. The van der Waals surface area contributed by atoms with Gasteiger partial charge in [-0.1, -0.05) is 19.1 Å². The van der Waals surface area contributed by atoms with Gasteiger partial charge >= 0.3 is 35.8 Å². The molecule has 0 saturated heterocycles. The van der Waals surface area contributed by atoms with Crippen molar-refractivity contribution < 1.29 is 57.2 Å². The predicted octanol–water partition coefficient (Wildman–Crippen LogP) is 1.39. The molecule has 12 nitrogen and oxygen atoms in total. The molecule has 0 aliphatic heterocycles. The van der Waals surface area contributed by atoms with E-state index in [-0.39, 0.29) is 37.5 Å². The molecule has 0 heterocycles. The van der Waals surface area contributed by atoms with Gasteiger partial charge in [0.15, 0.2) is 16.2 Å². The van der Waals surface area contributed by atoms with Gasteiger partial charge in [0.2, 0.25) is 0 Å². The van der Waals surface area contributed by atoms with Crippen LogP contribution in [-0.2, 0) is 57.2 Å². The molecule has 0 spiro atoms. The van der Waals surface area contributed by atoms with Crippen molar-refractivity contribution in [3.05, 3.63) is 12.2 Å². The summed E-state index contributed by atoms with van der Waals surface area (Å²) < 4.78 is 30.2. The number of carbonyl (C=O) groups excluding carboxylic acids is 6. The molecular weight excluding hydrogens is 516 g/mol. The van der Waals surface area contributed by atoms with Crippen LogP contribution >= 0.6 is 0 Å². The van der Waals surface area contributed by atoms with Crippen LogP contribution in [0.1, 0.15) is 39.0 Å². The number of rotatable bonds is 6. The van der Waals surface area contributed by atoms with Crippen molar-refractivity contribution >= 4 is 35.8 Å². The van der Waals surface area contributed by atoms with E-state index in [2.05, 4.69) is 0 Å². The Kier molecular flexibility index (Phi) is 8.19. The van der Waals surface area contributed by atoms with E-state index in [4.69, 9.17) is 28.4 Å². The van der Waals surface area contributed by atoms with Gasteiger partial charge in [0.05, 0.1) is 42.7 Å². The Morgan fingerprint density at radius 2 is 1.08 bits per heavy atom. The minimum atomic E-state index is -2.48. The molecule has 3 aliphatic carbocycles. The van der Waals surface area contributed by atoms with Crippen LogP contribution in [-0.4, -0.2) is 78.5 Å². The molecule has 39 heavy (non-hydrogen) atoms. The predicted molar refractivity (Wildman–Crippen MR) is 130 cm³/mol. The topological polar surface area (TPSA) is 158 Å². The summed E-state index contributed by atoms with van der Waals surface area (Å²) in [6, 6.07) is 0. The Balaban J connectivity index is 2.30. The first-order valence-electron chi connectivity index (χ1n) is 12.6. The molecule has 0 radical (unpaired) electrons. The van der Waals surface area contributed by atoms with Gasteiger partial charge in [-0.2, -0.15) is 0 Å². The van der Waals surface area contributed by atoms with Gasteiger partial charge in [0.25, 0.3) is 0 Å². The Hall–Kier alpha value is -3.44.